The minimum Gasteiger partial charge on any atom is -0.310 e. The summed E-state index contributed by atoms with van der Waals surface area (Å²) < 4.78 is 1.09. The summed E-state index contributed by atoms with van der Waals surface area (Å²) in [5, 5.41) is 5.33. The number of halogens is 2. The molecular weight excluding hydrogens is 330 g/mol. The molecule has 100 valence electrons. The Morgan fingerprint density at radius 1 is 1.44 bits per heavy atom. The normalized spacial score (nSPS) is 24.2. The summed E-state index contributed by atoms with van der Waals surface area (Å²) >= 11 is 11.7. The zero-order valence-corrected chi connectivity index (χ0v) is 13.7. The van der Waals surface area contributed by atoms with Crippen LogP contribution in [0, 0.1) is 0 Å². The summed E-state index contributed by atoms with van der Waals surface area (Å²) in [6.45, 7) is 0.865. The van der Waals surface area contributed by atoms with Gasteiger partial charge in [-0.3, -0.25) is 0 Å². The van der Waals surface area contributed by atoms with Crippen molar-refractivity contribution in [3.05, 3.63) is 33.3 Å². The summed E-state index contributed by atoms with van der Waals surface area (Å²) in [6, 6.07) is 6.68. The summed E-state index contributed by atoms with van der Waals surface area (Å²) in [5.74, 6) is 0. The van der Waals surface area contributed by atoms with E-state index >= 15 is 0 Å². The molecule has 1 fully saturated rings. The Morgan fingerprint density at radius 2 is 2.28 bits per heavy atom. The number of hydrogen-bond donors (Lipinski definition) is 1. The highest BCUT2D eigenvalue weighted by Crippen LogP contribution is 2.27. The molecule has 2 unspecified atom stereocenters. The third kappa shape index (κ3) is 4.16. The monoisotopic (exact) mass is 347 g/mol. The fraction of sp³-hybridized carbons (Fsp3) is 0.571. The van der Waals surface area contributed by atoms with E-state index in [0.29, 0.717) is 6.04 Å². The van der Waals surface area contributed by atoms with Crippen molar-refractivity contribution in [1.82, 2.24) is 5.32 Å². The largest absolute Gasteiger partial charge is 0.310 e. The van der Waals surface area contributed by atoms with Gasteiger partial charge in [-0.15, -0.1) is 0 Å². The van der Waals surface area contributed by atoms with E-state index in [1.807, 2.05) is 23.9 Å². The van der Waals surface area contributed by atoms with Crippen LogP contribution in [-0.4, -0.2) is 17.5 Å². The van der Waals surface area contributed by atoms with Crippen molar-refractivity contribution in [3.63, 3.8) is 0 Å². The molecule has 1 aliphatic carbocycles. The van der Waals surface area contributed by atoms with Gasteiger partial charge >= 0.3 is 0 Å². The van der Waals surface area contributed by atoms with Crippen molar-refractivity contribution in [1.29, 1.82) is 0 Å². The number of thioether (sulfide) groups is 1. The quantitative estimate of drug-likeness (QED) is 0.833. The van der Waals surface area contributed by atoms with Gasteiger partial charge < -0.3 is 5.32 Å². The van der Waals surface area contributed by atoms with Crippen LogP contribution in [0.3, 0.4) is 0 Å². The summed E-state index contributed by atoms with van der Waals surface area (Å²) in [4.78, 5) is 0. The predicted molar refractivity (Wildman–Crippen MR) is 85.6 cm³/mol. The van der Waals surface area contributed by atoms with Crippen LogP contribution >= 0.6 is 39.3 Å². The standard InChI is InChI=1S/C14H19BrClNS/c1-18-13-4-2-3-12(8-13)17-9-10-7-11(15)5-6-14(10)16/h5-7,12-13,17H,2-4,8-9H2,1H3. The first kappa shape index (κ1) is 14.7. The Hall–Kier alpha value is 0.300. The van der Waals surface area contributed by atoms with Gasteiger partial charge in [0.25, 0.3) is 0 Å². The highest BCUT2D eigenvalue weighted by molar-refractivity contribution is 9.10. The van der Waals surface area contributed by atoms with E-state index in [-0.39, 0.29) is 0 Å². The zero-order chi connectivity index (χ0) is 13.0. The second kappa shape index (κ2) is 7.18. The van der Waals surface area contributed by atoms with Gasteiger partial charge in [-0.1, -0.05) is 34.0 Å². The van der Waals surface area contributed by atoms with E-state index in [1.54, 1.807) is 0 Å². The van der Waals surface area contributed by atoms with Crippen LogP contribution in [0.25, 0.3) is 0 Å². The second-order valence-corrected chi connectivity index (χ2v) is 7.30. The van der Waals surface area contributed by atoms with E-state index in [0.717, 1.165) is 21.3 Å². The molecule has 1 saturated carbocycles. The van der Waals surface area contributed by atoms with Gasteiger partial charge in [0.05, 0.1) is 0 Å². The third-order valence-electron chi connectivity index (χ3n) is 3.55. The third-order valence-corrected chi connectivity index (χ3v) is 5.51. The number of hydrogen-bond acceptors (Lipinski definition) is 2. The number of nitrogens with one attached hydrogen (secondary N) is 1. The van der Waals surface area contributed by atoms with Crippen molar-refractivity contribution in [2.45, 2.75) is 43.5 Å². The maximum absolute atomic E-state index is 6.20. The molecule has 18 heavy (non-hydrogen) atoms. The molecule has 0 bridgehead atoms. The van der Waals surface area contributed by atoms with Crippen LogP contribution in [-0.2, 0) is 6.54 Å². The van der Waals surface area contributed by atoms with E-state index in [1.165, 1.54) is 31.2 Å². The first-order valence-corrected chi connectivity index (χ1v) is 8.85. The molecule has 0 heterocycles. The average molecular weight is 349 g/mol. The first-order valence-electron chi connectivity index (χ1n) is 6.39. The smallest absolute Gasteiger partial charge is 0.0451 e. The Morgan fingerprint density at radius 3 is 3.06 bits per heavy atom. The van der Waals surface area contributed by atoms with Gasteiger partial charge in [0.15, 0.2) is 0 Å². The molecule has 0 aliphatic heterocycles. The topological polar surface area (TPSA) is 12.0 Å². The minimum atomic E-state index is 0.645. The summed E-state index contributed by atoms with van der Waals surface area (Å²) in [7, 11) is 0. The molecule has 4 heteroatoms. The lowest BCUT2D eigenvalue weighted by Crippen LogP contribution is -2.34. The maximum Gasteiger partial charge on any atom is 0.0451 e. The molecular formula is C14H19BrClNS. The van der Waals surface area contributed by atoms with Crippen LogP contribution in [0.5, 0.6) is 0 Å². The highest BCUT2D eigenvalue weighted by Gasteiger charge is 2.20. The molecule has 1 N–H and O–H groups in total. The van der Waals surface area contributed by atoms with E-state index in [2.05, 4.69) is 33.6 Å². The number of rotatable bonds is 4. The van der Waals surface area contributed by atoms with Crippen LogP contribution in [0.1, 0.15) is 31.2 Å². The SMILES string of the molecule is CSC1CCCC(NCc2cc(Br)ccc2Cl)C1. The van der Waals surface area contributed by atoms with Crippen molar-refractivity contribution in [2.24, 2.45) is 0 Å². The van der Waals surface area contributed by atoms with Crippen LogP contribution in [0.15, 0.2) is 22.7 Å². The lowest BCUT2D eigenvalue weighted by atomic mass is 9.95. The van der Waals surface area contributed by atoms with Crippen molar-refractivity contribution < 1.29 is 0 Å². The van der Waals surface area contributed by atoms with Crippen LogP contribution < -0.4 is 5.32 Å². The fourth-order valence-corrected chi connectivity index (χ4v) is 3.90. The van der Waals surface area contributed by atoms with Gasteiger partial charge in [-0.2, -0.15) is 11.8 Å². The van der Waals surface area contributed by atoms with Crippen molar-refractivity contribution in [3.8, 4) is 0 Å². The number of benzene rings is 1. The molecule has 0 saturated heterocycles. The molecule has 0 spiro atoms. The van der Waals surface area contributed by atoms with Gasteiger partial charge in [0.1, 0.15) is 0 Å². The second-order valence-electron chi connectivity index (χ2n) is 4.84. The molecule has 1 aromatic rings. The Bertz CT molecular complexity index is 399. The molecule has 0 radical (unpaired) electrons. The zero-order valence-electron chi connectivity index (χ0n) is 10.6. The molecule has 1 nitrogen and oxygen atoms in total. The van der Waals surface area contributed by atoms with Gasteiger partial charge in [0, 0.05) is 27.3 Å². The average Bonchev–Trinajstić information content (AvgIpc) is 2.40. The molecule has 2 rings (SSSR count). The van der Waals surface area contributed by atoms with Gasteiger partial charge in [0.2, 0.25) is 0 Å². The molecule has 0 amide bonds. The van der Waals surface area contributed by atoms with Crippen molar-refractivity contribution in [2.75, 3.05) is 6.26 Å². The minimum absolute atomic E-state index is 0.645. The summed E-state index contributed by atoms with van der Waals surface area (Å²) in [5.41, 5.74) is 1.18. The van der Waals surface area contributed by atoms with E-state index in [9.17, 15) is 0 Å². The maximum atomic E-state index is 6.20. The first-order chi connectivity index (χ1) is 8.69. The lowest BCUT2D eigenvalue weighted by molar-refractivity contribution is 0.380. The lowest BCUT2D eigenvalue weighted by Gasteiger charge is -2.29. The van der Waals surface area contributed by atoms with Crippen molar-refractivity contribution >= 4 is 39.3 Å². The molecule has 1 aliphatic rings. The van der Waals surface area contributed by atoms with Crippen LogP contribution in [0.2, 0.25) is 5.02 Å². The molecule has 2 atom stereocenters. The Labute approximate surface area is 127 Å². The molecule has 1 aromatic carbocycles. The summed E-state index contributed by atoms with van der Waals surface area (Å²) in [6.07, 6.45) is 7.51. The predicted octanol–water partition coefficient (Wildman–Crippen LogP) is 4.87. The van der Waals surface area contributed by atoms with Gasteiger partial charge in [-0.05, 0) is 49.3 Å². The Kier molecular flexibility index (Phi) is 5.87. The van der Waals surface area contributed by atoms with E-state index in [4.69, 9.17) is 11.6 Å². The fourth-order valence-electron chi connectivity index (χ4n) is 2.48. The van der Waals surface area contributed by atoms with Gasteiger partial charge in [-0.25, -0.2) is 0 Å². The van der Waals surface area contributed by atoms with E-state index < -0.39 is 0 Å². The Balaban J connectivity index is 1.89. The molecule has 0 aromatic heterocycles. The highest BCUT2D eigenvalue weighted by atomic mass is 79.9. The van der Waals surface area contributed by atoms with Crippen LogP contribution in [0.4, 0.5) is 0 Å².